The fourth-order valence-electron chi connectivity index (χ4n) is 1.55. The molecule has 2 amide bonds. The average Bonchev–Trinajstić information content (AvgIpc) is 2.34. The Morgan fingerprint density at radius 2 is 2.00 bits per heavy atom. The van der Waals surface area contributed by atoms with Crippen LogP contribution in [0.5, 0.6) is 0 Å². The van der Waals surface area contributed by atoms with Crippen LogP contribution in [0.4, 0.5) is 0 Å². The average molecular weight is 325 g/mol. The SMILES string of the molecule is CC(C)N(CC(N)=O)C(=O)/C=C/c1ccccc1Br. The molecule has 1 rings (SSSR count). The van der Waals surface area contributed by atoms with Crippen LogP contribution in [-0.4, -0.2) is 29.3 Å². The van der Waals surface area contributed by atoms with Crippen LogP contribution < -0.4 is 5.73 Å². The van der Waals surface area contributed by atoms with E-state index in [-0.39, 0.29) is 18.5 Å². The molecule has 0 spiro atoms. The van der Waals surface area contributed by atoms with E-state index in [2.05, 4.69) is 15.9 Å². The van der Waals surface area contributed by atoms with E-state index in [4.69, 9.17) is 5.73 Å². The van der Waals surface area contributed by atoms with Crippen LogP contribution in [0.15, 0.2) is 34.8 Å². The van der Waals surface area contributed by atoms with Crippen molar-refractivity contribution in [3.05, 3.63) is 40.4 Å². The van der Waals surface area contributed by atoms with E-state index in [9.17, 15) is 9.59 Å². The van der Waals surface area contributed by atoms with E-state index in [1.54, 1.807) is 6.08 Å². The summed E-state index contributed by atoms with van der Waals surface area (Å²) < 4.78 is 0.907. The highest BCUT2D eigenvalue weighted by molar-refractivity contribution is 9.10. The molecule has 0 unspecified atom stereocenters. The number of halogens is 1. The van der Waals surface area contributed by atoms with Gasteiger partial charge < -0.3 is 10.6 Å². The van der Waals surface area contributed by atoms with Gasteiger partial charge in [-0.25, -0.2) is 0 Å². The largest absolute Gasteiger partial charge is 0.368 e. The number of benzene rings is 1. The lowest BCUT2D eigenvalue weighted by Crippen LogP contribution is -2.41. The number of nitrogens with zero attached hydrogens (tertiary/aromatic N) is 1. The molecular formula is C14H17BrN2O2. The van der Waals surface area contributed by atoms with Crippen LogP contribution in [0.25, 0.3) is 6.08 Å². The molecule has 0 saturated carbocycles. The Balaban J connectivity index is 2.82. The van der Waals surface area contributed by atoms with Gasteiger partial charge in [-0.3, -0.25) is 9.59 Å². The third-order valence-electron chi connectivity index (χ3n) is 2.54. The summed E-state index contributed by atoms with van der Waals surface area (Å²) in [6, 6.07) is 7.49. The van der Waals surface area contributed by atoms with Crippen LogP contribution >= 0.6 is 15.9 Å². The third kappa shape index (κ3) is 4.87. The standard InChI is InChI=1S/C14H17BrN2O2/c1-10(2)17(9-13(16)18)14(19)8-7-11-5-3-4-6-12(11)15/h3-8,10H,9H2,1-2H3,(H2,16,18)/b8-7+. The number of carbonyl (C=O) groups is 2. The summed E-state index contributed by atoms with van der Waals surface area (Å²) in [5.41, 5.74) is 6.04. The number of hydrogen-bond donors (Lipinski definition) is 1. The summed E-state index contributed by atoms with van der Waals surface area (Å²) in [7, 11) is 0. The van der Waals surface area contributed by atoms with E-state index in [1.165, 1.54) is 11.0 Å². The maximum absolute atomic E-state index is 12.0. The Labute approximate surface area is 121 Å². The minimum atomic E-state index is -0.517. The lowest BCUT2D eigenvalue weighted by Gasteiger charge is -2.23. The number of amides is 2. The van der Waals surface area contributed by atoms with E-state index in [0.717, 1.165) is 10.0 Å². The van der Waals surface area contributed by atoms with Crippen LogP contribution in [0.3, 0.4) is 0 Å². The van der Waals surface area contributed by atoms with Gasteiger partial charge in [-0.1, -0.05) is 34.1 Å². The van der Waals surface area contributed by atoms with E-state index >= 15 is 0 Å². The molecule has 1 aromatic rings. The summed E-state index contributed by atoms with van der Waals surface area (Å²) in [4.78, 5) is 24.4. The van der Waals surface area contributed by atoms with Gasteiger partial charge in [0.1, 0.15) is 0 Å². The predicted octanol–water partition coefficient (Wildman–Crippen LogP) is 2.18. The zero-order chi connectivity index (χ0) is 14.4. The molecule has 0 aliphatic heterocycles. The first-order valence-corrected chi connectivity index (χ1v) is 6.72. The molecule has 0 aliphatic carbocycles. The van der Waals surface area contributed by atoms with Crippen molar-refractivity contribution in [3.63, 3.8) is 0 Å². The summed E-state index contributed by atoms with van der Waals surface area (Å²) >= 11 is 3.40. The van der Waals surface area contributed by atoms with Gasteiger partial charge in [0, 0.05) is 16.6 Å². The second-order valence-electron chi connectivity index (χ2n) is 4.38. The van der Waals surface area contributed by atoms with Gasteiger partial charge in [0.25, 0.3) is 0 Å². The molecule has 4 nitrogen and oxygen atoms in total. The molecule has 0 atom stereocenters. The summed E-state index contributed by atoms with van der Waals surface area (Å²) in [6.45, 7) is 3.61. The topological polar surface area (TPSA) is 63.4 Å². The highest BCUT2D eigenvalue weighted by Crippen LogP contribution is 2.17. The molecule has 102 valence electrons. The van der Waals surface area contributed by atoms with Crippen molar-refractivity contribution in [3.8, 4) is 0 Å². The summed E-state index contributed by atoms with van der Waals surface area (Å²) in [5, 5.41) is 0. The molecule has 19 heavy (non-hydrogen) atoms. The van der Waals surface area contributed by atoms with Crippen molar-refractivity contribution in [1.29, 1.82) is 0 Å². The van der Waals surface area contributed by atoms with Gasteiger partial charge in [-0.2, -0.15) is 0 Å². The van der Waals surface area contributed by atoms with Gasteiger partial charge in [0.2, 0.25) is 11.8 Å². The molecule has 0 aromatic heterocycles. The quantitative estimate of drug-likeness (QED) is 0.844. The molecule has 0 bridgehead atoms. The number of rotatable bonds is 5. The van der Waals surface area contributed by atoms with Gasteiger partial charge in [-0.15, -0.1) is 0 Å². The number of primary amides is 1. The molecule has 0 saturated heterocycles. The number of hydrogen-bond acceptors (Lipinski definition) is 2. The molecule has 0 aliphatic rings. The van der Waals surface area contributed by atoms with Crippen molar-refractivity contribution >= 4 is 33.8 Å². The Morgan fingerprint density at radius 3 is 2.53 bits per heavy atom. The number of carbonyl (C=O) groups excluding carboxylic acids is 2. The Kier molecular flexibility index (Phi) is 5.76. The minimum Gasteiger partial charge on any atom is -0.368 e. The highest BCUT2D eigenvalue weighted by Gasteiger charge is 2.16. The smallest absolute Gasteiger partial charge is 0.247 e. The van der Waals surface area contributed by atoms with E-state index in [1.807, 2.05) is 38.1 Å². The second-order valence-corrected chi connectivity index (χ2v) is 5.24. The highest BCUT2D eigenvalue weighted by atomic mass is 79.9. The maximum atomic E-state index is 12.0. The molecular weight excluding hydrogens is 308 g/mol. The molecule has 0 fully saturated rings. The van der Waals surface area contributed by atoms with Crippen molar-refractivity contribution in [2.24, 2.45) is 5.73 Å². The van der Waals surface area contributed by atoms with Crippen LogP contribution in [0.1, 0.15) is 19.4 Å². The van der Waals surface area contributed by atoms with Gasteiger partial charge in [-0.05, 0) is 31.6 Å². The van der Waals surface area contributed by atoms with Crippen LogP contribution in [-0.2, 0) is 9.59 Å². The van der Waals surface area contributed by atoms with Crippen molar-refractivity contribution in [1.82, 2.24) is 4.90 Å². The lowest BCUT2D eigenvalue weighted by molar-refractivity contribution is -0.132. The lowest BCUT2D eigenvalue weighted by atomic mass is 10.2. The van der Waals surface area contributed by atoms with Gasteiger partial charge in [0.05, 0.1) is 6.54 Å². The third-order valence-corrected chi connectivity index (χ3v) is 3.27. The Morgan fingerprint density at radius 1 is 1.37 bits per heavy atom. The molecule has 0 heterocycles. The fourth-order valence-corrected chi connectivity index (χ4v) is 1.97. The zero-order valence-corrected chi connectivity index (χ0v) is 12.6. The molecule has 2 N–H and O–H groups in total. The Bertz CT molecular complexity index is 498. The van der Waals surface area contributed by atoms with Crippen molar-refractivity contribution in [2.45, 2.75) is 19.9 Å². The first-order valence-electron chi connectivity index (χ1n) is 5.93. The second kappa shape index (κ2) is 7.09. The Hall–Kier alpha value is -1.62. The number of nitrogens with two attached hydrogens (primary N) is 1. The molecule has 1 aromatic carbocycles. The summed E-state index contributed by atoms with van der Waals surface area (Å²) in [6.07, 6.45) is 3.16. The fraction of sp³-hybridized carbons (Fsp3) is 0.286. The van der Waals surface area contributed by atoms with Crippen molar-refractivity contribution < 1.29 is 9.59 Å². The van der Waals surface area contributed by atoms with E-state index < -0.39 is 5.91 Å². The van der Waals surface area contributed by atoms with Gasteiger partial charge >= 0.3 is 0 Å². The zero-order valence-electron chi connectivity index (χ0n) is 11.0. The summed E-state index contributed by atoms with van der Waals surface area (Å²) in [5.74, 6) is -0.749. The van der Waals surface area contributed by atoms with Crippen molar-refractivity contribution in [2.75, 3.05) is 6.54 Å². The van der Waals surface area contributed by atoms with Crippen LogP contribution in [0, 0.1) is 0 Å². The maximum Gasteiger partial charge on any atom is 0.247 e. The van der Waals surface area contributed by atoms with E-state index in [0.29, 0.717) is 0 Å². The monoisotopic (exact) mass is 324 g/mol. The molecule has 0 radical (unpaired) electrons. The first kappa shape index (κ1) is 15.4. The minimum absolute atomic E-state index is 0.0726. The van der Waals surface area contributed by atoms with Gasteiger partial charge in [0.15, 0.2) is 0 Å². The molecule has 5 heteroatoms. The van der Waals surface area contributed by atoms with Crippen LogP contribution in [0.2, 0.25) is 0 Å². The predicted molar refractivity (Wildman–Crippen MR) is 79.2 cm³/mol. The first-order chi connectivity index (χ1) is 8.91. The normalized spacial score (nSPS) is 10.9.